The second kappa shape index (κ2) is 2.63. The maximum Gasteiger partial charge on any atom is 0.200 e. The van der Waals surface area contributed by atoms with Gasteiger partial charge in [-0.1, -0.05) is 12.8 Å². The molecule has 1 saturated carbocycles. The summed E-state index contributed by atoms with van der Waals surface area (Å²) in [5.74, 6) is 0.169. The number of rotatable bonds is 0. The molecular weight excluding hydrogens is 160 g/mol. The third kappa shape index (κ3) is 1.11. The Morgan fingerprint density at radius 2 is 1.45 bits per heavy atom. The number of hydrogen-bond donors (Lipinski definition) is 0. The van der Waals surface area contributed by atoms with Crippen molar-refractivity contribution in [1.29, 1.82) is 0 Å². The SMILES string of the molecule is O=C1SC(=O)[C@H]2CCCC[C@H]12. The normalized spacial score (nSPS) is 37.5. The smallest absolute Gasteiger partial charge is 0.200 e. The first-order valence-electron chi connectivity index (χ1n) is 4.04. The zero-order valence-electron chi connectivity index (χ0n) is 6.21. The summed E-state index contributed by atoms with van der Waals surface area (Å²) in [6.07, 6.45) is 4.14. The van der Waals surface area contributed by atoms with Gasteiger partial charge in [-0.05, 0) is 24.6 Å². The summed E-state index contributed by atoms with van der Waals surface area (Å²) in [6, 6.07) is 0. The van der Waals surface area contributed by atoms with Crippen molar-refractivity contribution in [2.75, 3.05) is 0 Å². The van der Waals surface area contributed by atoms with Gasteiger partial charge in [0, 0.05) is 11.8 Å². The van der Waals surface area contributed by atoms with Crippen LogP contribution in [0.15, 0.2) is 0 Å². The summed E-state index contributed by atoms with van der Waals surface area (Å²) >= 11 is 0.948. The van der Waals surface area contributed by atoms with Crippen molar-refractivity contribution in [3.05, 3.63) is 0 Å². The van der Waals surface area contributed by atoms with Crippen molar-refractivity contribution in [1.82, 2.24) is 0 Å². The number of thioether (sulfide) groups is 1. The van der Waals surface area contributed by atoms with Gasteiger partial charge in [0.1, 0.15) is 0 Å². The molecule has 0 bridgehead atoms. The molecule has 1 heterocycles. The fraction of sp³-hybridized carbons (Fsp3) is 0.750. The number of carbonyl (C=O) groups is 2. The van der Waals surface area contributed by atoms with E-state index in [0.717, 1.165) is 37.4 Å². The fourth-order valence-electron chi connectivity index (χ4n) is 1.95. The van der Waals surface area contributed by atoms with E-state index in [9.17, 15) is 9.59 Å². The zero-order valence-corrected chi connectivity index (χ0v) is 7.02. The summed E-state index contributed by atoms with van der Waals surface area (Å²) in [4.78, 5) is 22.3. The average molecular weight is 170 g/mol. The standard InChI is InChI=1S/C8H10O2S/c9-7-5-3-1-2-4-6(5)8(10)11-7/h5-6H,1-4H2/t5-,6-/m0/s1. The Labute approximate surface area is 69.7 Å². The van der Waals surface area contributed by atoms with Crippen LogP contribution in [0.5, 0.6) is 0 Å². The van der Waals surface area contributed by atoms with E-state index in [4.69, 9.17) is 0 Å². The minimum Gasteiger partial charge on any atom is -0.286 e. The van der Waals surface area contributed by atoms with Gasteiger partial charge in [-0.3, -0.25) is 9.59 Å². The van der Waals surface area contributed by atoms with Crippen LogP contribution in [-0.4, -0.2) is 10.2 Å². The number of hydrogen-bond acceptors (Lipinski definition) is 3. The van der Waals surface area contributed by atoms with Gasteiger partial charge in [-0.25, -0.2) is 0 Å². The summed E-state index contributed by atoms with van der Waals surface area (Å²) in [7, 11) is 0. The van der Waals surface area contributed by atoms with Gasteiger partial charge >= 0.3 is 0 Å². The van der Waals surface area contributed by atoms with Gasteiger partial charge < -0.3 is 0 Å². The molecule has 0 aromatic carbocycles. The van der Waals surface area contributed by atoms with Crippen LogP contribution in [0.4, 0.5) is 0 Å². The molecule has 2 rings (SSSR count). The minimum absolute atomic E-state index is 0.0845. The molecule has 1 saturated heterocycles. The fourth-order valence-corrected chi connectivity index (χ4v) is 3.01. The van der Waals surface area contributed by atoms with Gasteiger partial charge in [-0.2, -0.15) is 0 Å². The average Bonchev–Trinajstić information content (AvgIpc) is 2.30. The molecule has 2 aliphatic rings. The summed E-state index contributed by atoms with van der Waals surface area (Å²) in [6.45, 7) is 0. The quantitative estimate of drug-likeness (QED) is 0.553. The Morgan fingerprint density at radius 1 is 1.00 bits per heavy atom. The van der Waals surface area contributed by atoms with Gasteiger partial charge in [0.15, 0.2) is 10.2 Å². The first-order valence-corrected chi connectivity index (χ1v) is 4.86. The molecule has 0 spiro atoms. The van der Waals surface area contributed by atoms with Crippen LogP contribution in [0.2, 0.25) is 0 Å². The molecular formula is C8H10O2S. The van der Waals surface area contributed by atoms with E-state index < -0.39 is 0 Å². The molecule has 60 valence electrons. The van der Waals surface area contributed by atoms with E-state index >= 15 is 0 Å². The molecule has 1 aliphatic heterocycles. The number of carbonyl (C=O) groups excluding carboxylic acids is 2. The van der Waals surface area contributed by atoms with Crippen LogP contribution in [0.1, 0.15) is 25.7 Å². The molecule has 0 aromatic rings. The third-order valence-corrected chi connectivity index (χ3v) is 3.58. The number of fused-ring (bicyclic) bond motifs is 1. The molecule has 2 fully saturated rings. The highest BCUT2D eigenvalue weighted by Crippen LogP contribution is 2.42. The summed E-state index contributed by atoms with van der Waals surface area (Å²) in [5.41, 5.74) is 0. The Bertz CT molecular complexity index is 190. The van der Waals surface area contributed by atoms with Gasteiger partial charge in [0.2, 0.25) is 0 Å². The molecule has 0 aromatic heterocycles. The van der Waals surface area contributed by atoms with Crippen LogP contribution in [0.3, 0.4) is 0 Å². The van der Waals surface area contributed by atoms with E-state index in [1.165, 1.54) is 0 Å². The predicted octanol–water partition coefficient (Wildman–Crippen LogP) is 1.59. The third-order valence-electron chi connectivity index (χ3n) is 2.57. The van der Waals surface area contributed by atoms with Crippen molar-refractivity contribution in [2.45, 2.75) is 25.7 Å². The van der Waals surface area contributed by atoms with Crippen molar-refractivity contribution in [3.63, 3.8) is 0 Å². The van der Waals surface area contributed by atoms with E-state index in [2.05, 4.69) is 0 Å². The Hall–Kier alpha value is -0.310. The van der Waals surface area contributed by atoms with Crippen LogP contribution in [-0.2, 0) is 9.59 Å². The van der Waals surface area contributed by atoms with E-state index in [1.54, 1.807) is 0 Å². The zero-order chi connectivity index (χ0) is 7.84. The van der Waals surface area contributed by atoms with Gasteiger partial charge in [0.25, 0.3) is 0 Å². The molecule has 2 atom stereocenters. The minimum atomic E-state index is 0.0845. The monoisotopic (exact) mass is 170 g/mol. The maximum absolute atomic E-state index is 11.2. The second-order valence-electron chi connectivity index (χ2n) is 3.24. The van der Waals surface area contributed by atoms with E-state index in [-0.39, 0.29) is 22.1 Å². The molecule has 0 N–H and O–H groups in total. The molecule has 0 unspecified atom stereocenters. The van der Waals surface area contributed by atoms with E-state index in [0.29, 0.717) is 0 Å². The van der Waals surface area contributed by atoms with Crippen LogP contribution < -0.4 is 0 Å². The summed E-state index contributed by atoms with van der Waals surface area (Å²) < 4.78 is 0. The molecule has 1 aliphatic carbocycles. The summed E-state index contributed by atoms with van der Waals surface area (Å²) in [5, 5.41) is 0.249. The van der Waals surface area contributed by atoms with Gasteiger partial charge in [0.05, 0.1) is 0 Å². The molecule has 0 radical (unpaired) electrons. The lowest BCUT2D eigenvalue weighted by atomic mass is 9.81. The van der Waals surface area contributed by atoms with Crippen molar-refractivity contribution < 1.29 is 9.59 Å². The lowest BCUT2D eigenvalue weighted by Gasteiger charge is -2.20. The highest BCUT2D eigenvalue weighted by molar-refractivity contribution is 8.26. The first-order chi connectivity index (χ1) is 5.29. The van der Waals surface area contributed by atoms with Crippen LogP contribution >= 0.6 is 11.8 Å². The van der Waals surface area contributed by atoms with E-state index in [1.807, 2.05) is 0 Å². The largest absolute Gasteiger partial charge is 0.286 e. The van der Waals surface area contributed by atoms with Crippen LogP contribution in [0.25, 0.3) is 0 Å². The second-order valence-corrected chi connectivity index (χ2v) is 4.25. The maximum atomic E-state index is 11.2. The van der Waals surface area contributed by atoms with Crippen molar-refractivity contribution in [2.24, 2.45) is 11.8 Å². The Kier molecular flexibility index (Phi) is 1.75. The van der Waals surface area contributed by atoms with Crippen molar-refractivity contribution in [3.8, 4) is 0 Å². The molecule has 3 heteroatoms. The first kappa shape index (κ1) is 7.35. The molecule has 0 amide bonds. The lowest BCUT2D eigenvalue weighted by Crippen LogP contribution is -2.21. The van der Waals surface area contributed by atoms with Crippen molar-refractivity contribution >= 4 is 22.0 Å². The lowest BCUT2D eigenvalue weighted by molar-refractivity contribution is -0.120. The Balaban J connectivity index is 2.19. The molecule has 2 nitrogen and oxygen atoms in total. The Morgan fingerprint density at radius 3 is 1.91 bits per heavy atom. The topological polar surface area (TPSA) is 34.1 Å². The highest BCUT2D eigenvalue weighted by Gasteiger charge is 2.43. The predicted molar refractivity (Wildman–Crippen MR) is 43.1 cm³/mol. The van der Waals surface area contributed by atoms with Crippen LogP contribution in [0, 0.1) is 11.8 Å². The van der Waals surface area contributed by atoms with Gasteiger partial charge in [-0.15, -0.1) is 0 Å². The molecule has 11 heavy (non-hydrogen) atoms. The highest BCUT2D eigenvalue weighted by atomic mass is 32.2.